The Morgan fingerprint density at radius 1 is 1.27 bits per heavy atom. The molecule has 0 radical (unpaired) electrons. The second-order valence-corrected chi connectivity index (χ2v) is 3.16. The summed E-state index contributed by atoms with van der Waals surface area (Å²) in [6, 6.07) is 9.84. The number of hydrogen-bond acceptors (Lipinski definition) is 2. The zero-order valence-corrected chi connectivity index (χ0v) is 9.74. The molecular formula is C11H15ClN2O. The molecule has 0 unspecified atom stereocenters. The van der Waals surface area contributed by atoms with E-state index in [2.05, 4.69) is 28.3 Å². The van der Waals surface area contributed by atoms with Crippen molar-refractivity contribution in [1.82, 2.24) is 4.90 Å². The summed E-state index contributed by atoms with van der Waals surface area (Å²) in [5.74, 6) is 0.760. The lowest BCUT2D eigenvalue weighted by Crippen LogP contribution is -2.31. The van der Waals surface area contributed by atoms with Crippen molar-refractivity contribution in [3.8, 4) is 0 Å². The maximum absolute atomic E-state index is 5.19. The Morgan fingerprint density at radius 3 is 2.33 bits per heavy atom. The molecule has 0 heterocycles. The van der Waals surface area contributed by atoms with Gasteiger partial charge in [-0.15, -0.1) is 0 Å². The topological polar surface area (TPSA) is 24.8 Å². The van der Waals surface area contributed by atoms with Gasteiger partial charge in [0.25, 0.3) is 0 Å². The second kappa shape index (κ2) is 6.30. The Labute approximate surface area is 95.5 Å². The van der Waals surface area contributed by atoms with Crippen LogP contribution in [0.3, 0.4) is 0 Å². The molecule has 0 atom stereocenters. The summed E-state index contributed by atoms with van der Waals surface area (Å²) in [6.45, 7) is 5.86. The maximum atomic E-state index is 5.19. The second-order valence-electron chi connectivity index (χ2n) is 3.02. The molecule has 1 aromatic rings. The van der Waals surface area contributed by atoms with Crippen LogP contribution in [0, 0.1) is 0 Å². The molecule has 3 nitrogen and oxygen atoms in total. The predicted molar refractivity (Wildman–Crippen MR) is 62.8 cm³/mol. The van der Waals surface area contributed by atoms with Crippen molar-refractivity contribution in [2.45, 2.75) is 13.8 Å². The summed E-state index contributed by atoms with van der Waals surface area (Å²) in [7, 11) is 0. The minimum Gasteiger partial charge on any atom is -0.354 e. The number of hydrogen-bond donors (Lipinski definition) is 0. The highest BCUT2D eigenvalue weighted by molar-refractivity contribution is 6.08. The van der Waals surface area contributed by atoms with E-state index >= 15 is 0 Å². The van der Waals surface area contributed by atoms with Gasteiger partial charge in [0, 0.05) is 18.7 Å². The van der Waals surface area contributed by atoms with Crippen LogP contribution in [0.4, 0.5) is 0 Å². The highest BCUT2D eigenvalue weighted by Crippen LogP contribution is 2.06. The van der Waals surface area contributed by atoms with Crippen LogP contribution < -0.4 is 0 Å². The van der Waals surface area contributed by atoms with Crippen molar-refractivity contribution in [3.05, 3.63) is 35.9 Å². The zero-order valence-electron chi connectivity index (χ0n) is 8.98. The van der Waals surface area contributed by atoms with Crippen molar-refractivity contribution < 1.29 is 4.39 Å². The highest BCUT2D eigenvalue weighted by atomic mass is 35.5. The van der Waals surface area contributed by atoms with Gasteiger partial charge in [-0.1, -0.05) is 30.3 Å². The van der Waals surface area contributed by atoms with E-state index in [1.54, 1.807) is 0 Å². The average Bonchev–Trinajstić information content (AvgIpc) is 2.30. The molecule has 0 aromatic heterocycles. The zero-order chi connectivity index (χ0) is 11.1. The number of benzene rings is 1. The Kier molecular flexibility index (Phi) is 4.98. The fraction of sp³-hybridized carbons (Fsp3) is 0.364. The van der Waals surface area contributed by atoms with E-state index in [1.807, 2.05) is 30.3 Å². The lowest BCUT2D eigenvalue weighted by molar-refractivity contribution is 0.356. The number of rotatable bonds is 4. The van der Waals surface area contributed by atoms with Crippen LogP contribution >= 0.6 is 11.9 Å². The summed E-state index contributed by atoms with van der Waals surface area (Å²) in [6.07, 6.45) is 0. The largest absolute Gasteiger partial charge is 0.354 e. The molecule has 1 aromatic carbocycles. The Bertz CT molecular complexity index is 310. The molecule has 0 fully saturated rings. The molecule has 0 bridgehead atoms. The van der Waals surface area contributed by atoms with Crippen LogP contribution in [0.15, 0.2) is 35.5 Å². The van der Waals surface area contributed by atoms with Gasteiger partial charge in [0.2, 0.25) is 0 Å². The Morgan fingerprint density at radius 2 is 1.87 bits per heavy atom. The van der Waals surface area contributed by atoms with Gasteiger partial charge < -0.3 is 4.90 Å². The molecule has 0 aliphatic rings. The van der Waals surface area contributed by atoms with E-state index in [-0.39, 0.29) is 0 Å². The first-order chi connectivity index (χ1) is 7.33. The van der Waals surface area contributed by atoms with E-state index in [4.69, 9.17) is 11.9 Å². The Balaban J connectivity index is 2.98. The van der Waals surface area contributed by atoms with Gasteiger partial charge in [0.1, 0.15) is 0 Å². The van der Waals surface area contributed by atoms with Gasteiger partial charge in [-0.3, -0.25) is 4.39 Å². The quantitative estimate of drug-likeness (QED) is 0.448. The molecule has 0 amide bonds. The van der Waals surface area contributed by atoms with Gasteiger partial charge in [-0.25, -0.2) is 0 Å². The number of nitrogens with zero attached hydrogens (tertiary/aromatic N) is 2. The van der Waals surface area contributed by atoms with Gasteiger partial charge in [0.05, 0.1) is 0 Å². The number of oxime groups is 1. The molecule has 4 heteroatoms. The first-order valence-corrected chi connectivity index (χ1v) is 5.30. The fourth-order valence-electron chi connectivity index (χ4n) is 1.44. The van der Waals surface area contributed by atoms with Crippen molar-refractivity contribution in [2.75, 3.05) is 13.1 Å². The summed E-state index contributed by atoms with van der Waals surface area (Å²) in [4.78, 5) is 2.08. The molecule has 0 aliphatic heterocycles. The summed E-state index contributed by atoms with van der Waals surface area (Å²) < 4.78 is 4.36. The minimum atomic E-state index is 0.760. The Hall–Kier alpha value is -1.22. The molecule has 0 saturated heterocycles. The monoisotopic (exact) mass is 226 g/mol. The van der Waals surface area contributed by atoms with Crippen LogP contribution in [0.5, 0.6) is 0 Å². The van der Waals surface area contributed by atoms with E-state index in [0.29, 0.717) is 0 Å². The number of amidine groups is 1. The fourth-order valence-corrected chi connectivity index (χ4v) is 1.50. The minimum absolute atomic E-state index is 0.760. The van der Waals surface area contributed by atoms with Crippen LogP contribution in [0.2, 0.25) is 0 Å². The molecular weight excluding hydrogens is 212 g/mol. The van der Waals surface area contributed by atoms with Crippen LogP contribution in [-0.4, -0.2) is 23.8 Å². The smallest absolute Gasteiger partial charge is 0.177 e. The lowest BCUT2D eigenvalue weighted by atomic mass is 10.2. The highest BCUT2D eigenvalue weighted by Gasteiger charge is 2.10. The number of halogens is 1. The van der Waals surface area contributed by atoms with Crippen LogP contribution in [0.1, 0.15) is 19.4 Å². The van der Waals surface area contributed by atoms with Crippen LogP contribution in [0.25, 0.3) is 0 Å². The van der Waals surface area contributed by atoms with E-state index in [0.717, 1.165) is 24.5 Å². The molecule has 0 spiro atoms. The summed E-state index contributed by atoms with van der Waals surface area (Å²) in [5, 5.41) is 3.84. The lowest BCUT2D eigenvalue weighted by Gasteiger charge is -2.21. The first kappa shape index (κ1) is 11.9. The third-order valence-corrected chi connectivity index (χ3v) is 2.28. The average molecular weight is 227 g/mol. The van der Waals surface area contributed by atoms with Gasteiger partial charge >= 0.3 is 0 Å². The third kappa shape index (κ3) is 3.13. The predicted octanol–water partition coefficient (Wildman–Crippen LogP) is 2.86. The molecule has 0 saturated carbocycles. The normalized spacial score (nSPS) is 11.3. The molecule has 82 valence electrons. The van der Waals surface area contributed by atoms with Gasteiger partial charge in [0.15, 0.2) is 17.7 Å². The van der Waals surface area contributed by atoms with Crippen LogP contribution in [-0.2, 0) is 4.39 Å². The van der Waals surface area contributed by atoms with Crippen molar-refractivity contribution in [2.24, 2.45) is 5.16 Å². The first-order valence-electron chi connectivity index (χ1n) is 4.99. The third-order valence-electron chi connectivity index (χ3n) is 2.22. The SMILES string of the molecule is CCN(CC)/C(=N/OCl)c1ccccc1. The molecule has 0 N–H and O–H groups in total. The molecule has 0 aliphatic carbocycles. The van der Waals surface area contributed by atoms with Gasteiger partial charge in [-0.05, 0) is 19.0 Å². The van der Waals surface area contributed by atoms with Crippen molar-refractivity contribution >= 4 is 17.7 Å². The summed E-state index contributed by atoms with van der Waals surface area (Å²) >= 11 is 5.19. The molecule has 1 rings (SSSR count). The molecule has 15 heavy (non-hydrogen) atoms. The van der Waals surface area contributed by atoms with E-state index in [9.17, 15) is 0 Å². The van der Waals surface area contributed by atoms with E-state index in [1.165, 1.54) is 0 Å². The standard InChI is InChI=1S/C11H15ClN2O/c1-3-14(4-2)11(13-15-12)10-8-6-5-7-9-10/h5-9H,3-4H2,1-2H3/b13-11+. The van der Waals surface area contributed by atoms with E-state index < -0.39 is 0 Å². The van der Waals surface area contributed by atoms with Crippen molar-refractivity contribution in [3.63, 3.8) is 0 Å². The van der Waals surface area contributed by atoms with Gasteiger partial charge in [-0.2, -0.15) is 0 Å². The summed E-state index contributed by atoms with van der Waals surface area (Å²) in [5.41, 5.74) is 1.00. The maximum Gasteiger partial charge on any atom is 0.177 e. The van der Waals surface area contributed by atoms with Crippen molar-refractivity contribution in [1.29, 1.82) is 0 Å².